The fraction of sp³-hybridized carbons (Fsp3) is 0.389. The number of carbonyl (C=O) groups is 1. The van der Waals surface area contributed by atoms with E-state index in [1.54, 1.807) is 17.3 Å². The summed E-state index contributed by atoms with van der Waals surface area (Å²) in [5.74, 6) is 0.625. The summed E-state index contributed by atoms with van der Waals surface area (Å²) >= 11 is 0. The van der Waals surface area contributed by atoms with Crippen LogP contribution in [0.5, 0.6) is 0 Å². The zero-order chi connectivity index (χ0) is 16.7. The van der Waals surface area contributed by atoms with Crippen LogP contribution >= 0.6 is 0 Å². The molecule has 2 aromatic rings. The summed E-state index contributed by atoms with van der Waals surface area (Å²) in [4.78, 5) is 24.9. The molecule has 5 heteroatoms. The molecule has 0 spiro atoms. The Kier molecular flexibility index (Phi) is 6.09. The van der Waals surface area contributed by atoms with Crippen molar-refractivity contribution in [2.24, 2.45) is 0 Å². The van der Waals surface area contributed by atoms with Crippen molar-refractivity contribution in [3.05, 3.63) is 53.9 Å². The van der Waals surface area contributed by atoms with E-state index in [0.29, 0.717) is 24.6 Å². The Morgan fingerprint density at radius 2 is 1.57 bits per heavy atom. The fourth-order valence-corrected chi connectivity index (χ4v) is 2.42. The smallest absolute Gasteiger partial charge is 0.256 e. The number of rotatable bonds is 7. The molecule has 0 unspecified atom stereocenters. The second-order valence-electron chi connectivity index (χ2n) is 5.25. The van der Waals surface area contributed by atoms with Gasteiger partial charge in [0.1, 0.15) is 0 Å². The minimum absolute atomic E-state index is 0.0207. The first-order valence-electron chi connectivity index (χ1n) is 8.09. The second kappa shape index (κ2) is 8.27. The van der Waals surface area contributed by atoms with E-state index in [1.807, 2.05) is 32.0 Å². The topological polar surface area (TPSA) is 49.3 Å². The molecule has 1 heterocycles. The van der Waals surface area contributed by atoms with Crippen LogP contribution in [0.25, 0.3) is 0 Å². The Morgan fingerprint density at radius 3 is 2.09 bits per heavy atom. The van der Waals surface area contributed by atoms with Gasteiger partial charge in [-0.1, -0.05) is 30.3 Å². The van der Waals surface area contributed by atoms with Gasteiger partial charge >= 0.3 is 0 Å². The summed E-state index contributed by atoms with van der Waals surface area (Å²) in [6.07, 6.45) is 3.24. The van der Waals surface area contributed by atoms with Crippen molar-refractivity contribution in [2.75, 3.05) is 24.5 Å². The van der Waals surface area contributed by atoms with Crippen LogP contribution in [0.15, 0.2) is 42.7 Å². The van der Waals surface area contributed by atoms with E-state index in [1.165, 1.54) is 5.56 Å². The molecule has 0 saturated heterocycles. The molecular formula is C18H24N4O. The Labute approximate surface area is 138 Å². The molecule has 0 atom stereocenters. The summed E-state index contributed by atoms with van der Waals surface area (Å²) in [5.41, 5.74) is 1.74. The Balaban J connectivity index is 2.12. The van der Waals surface area contributed by atoms with Crippen molar-refractivity contribution in [1.82, 2.24) is 14.9 Å². The number of hydrogen-bond donors (Lipinski definition) is 0. The molecule has 0 aliphatic carbocycles. The highest BCUT2D eigenvalue weighted by molar-refractivity contribution is 5.93. The number of anilines is 1. The predicted molar refractivity (Wildman–Crippen MR) is 92.4 cm³/mol. The van der Waals surface area contributed by atoms with Crippen molar-refractivity contribution in [2.45, 2.75) is 27.3 Å². The van der Waals surface area contributed by atoms with Crippen molar-refractivity contribution < 1.29 is 4.79 Å². The average Bonchev–Trinajstić information content (AvgIpc) is 2.61. The highest BCUT2D eigenvalue weighted by Gasteiger charge is 2.15. The Bertz CT molecular complexity index is 609. The van der Waals surface area contributed by atoms with Crippen LogP contribution in [0.4, 0.5) is 5.95 Å². The van der Waals surface area contributed by atoms with E-state index in [0.717, 1.165) is 13.1 Å². The van der Waals surface area contributed by atoms with Gasteiger partial charge in [-0.25, -0.2) is 9.97 Å². The van der Waals surface area contributed by atoms with E-state index in [-0.39, 0.29) is 5.91 Å². The molecule has 1 aromatic heterocycles. The minimum atomic E-state index is -0.0207. The van der Waals surface area contributed by atoms with Gasteiger partial charge in [0.2, 0.25) is 5.95 Å². The van der Waals surface area contributed by atoms with Crippen LogP contribution in [0.2, 0.25) is 0 Å². The predicted octanol–water partition coefficient (Wildman–Crippen LogP) is 2.99. The van der Waals surface area contributed by atoms with E-state index in [2.05, 4.69) is 33.9 Å². The first-order valence-corrected chi connectivity index (χ1v) is 8.09. The third kappa shape index (κ3) is 4.28. The molecule has 0 radical (unpaired) electrons. The molecule has 1 amide bonds. The lowest BCUT2D eigenvalue weighted by molar-refractivity contribution is 0.0772. The van der Waals surface area contributed by atoms with Gasteiger partial charge in [0.05, 0.1) is 5.56 Å². The van der Waals surface area contributed by atoms with Gasteiger partial charge in [0.25, 0.3) is 5.91 Å². The summed E-state index contributed by atoms with van der Waals surface area (Å²) in [7, 11) is 0. The van der Waals surface area contributed by atoms with Gasteiger partial charge in [-0.15, -0.1) is 0 Å². The molecule has 2 rings (SSSR count). The molecule has 0 fully saturated rings. The summed E-state index contributed by atoms with van der Waals surface area (Å²) in [5, 5.41) is 0. The number of amides is 1. The quantitative estimate of drug-likeness (QED) is 0.788. The standard InChI is InChI=1S/C18H24N4O/c1-4-21(5-2)17(23)16-12-19-18(20-13-16)22(6-3)14-15-10-8-7-9-11-15/h7-13H,4-6,14H2,1-3H3. The molecule has 0 aliphatic heterocycles. The van der Waals surface area contributed by atoms with Crippen LogP contribution in [0, 0.1) is 0 Å². The van der Waals surface area contributed by atoms with Gasteiger partial charge in [0, 0.05) is 38.6 Å². The number of benzene rings is 1. The zero-order valence-corrected chi connectivity index (χ0v) is 14.1. The summed E-state index contributed by atoms with van der Waals surface area (Å²) in [6.45, 7) is 8.93. The van der Waals surface area contributed by atoms with Gasteiger partial charge in [-0.3, -0.25) is 4.79 Å². The Hall–Kier alpha value is -2.43. The monoisotopic (exact) mass is 312 g/mol. The third-order valence-corrected chi connectivity index (χ3v) is 3.82. The largest absolute Gasteiger partial charge is 0.339 e. The SMILES string of the molecule is CCN(CC)C(=O)c1cnc(N(CC)Cc2ccccc2)nc1. The molecule has 0 bridgehead atoms. The second-order valence-corrected chi connectivity index (χ2v) is 5.25. The normalized spacial score (nSPS) is 10.4. The van der Waals surface area contributed by atoms with Crippen LogP contribution in [0.1, 0.15) is 36.7 Å². The lowest BCUT2D eigenvalue weighted by atomic mass is 10.2. The van der Waals surface area contributed by atoms with E-state index in [4.69, 9.17) is 0 Å². The van der Waals surface area contributed by atoms with Gasteiger partial charge in [-0.2, -0.15) is 0 Å². The van der Waals surface area contributed by atoms with E-state index in [9.17, 15) is 4.79 Å². The van der Waals surface area contributed by atoms with Crippen LogP contribution in [-0.2, 0) is 6.54 Å². The van der Waals surface area contributed by atoms with Crippen molar-refractivity contribution in [3.8, 4) is 0 Å². The fourth-order valence-electron chi connectivity index (χ4n) is 2.42. The molecule has 122 valence electrons. The van der Waals surface area contributed by atoms with Gasteiger partial charge < -0.3 is 9.80 Å². The van der Waals surface area contributed by atoms with Gasteiger partial charge in [0.15, 0.2) is 0 Å². The highest BCUT2D eigenvalue weighted by Crippen LogP contribution is 2.12. The van der Waals surface area contributed by atoms with Crippen LogP contribution in [-0.4, -0.2) is 40.4 Å². The Morgan fingerprint density at radius 1 is 0.957 bits per heavy atom. The molecular weight excluding hydrogens is 288 g/mol. The van der Waals surface area contributed by atoms with Crippen molar-refractivity contribution in [3.63, 3.8) is 0 Å². The third-order valence-electron chi connectivity index (χ3n) is 3.82. The van der Waals surface area contributed by atoms with E-state index >= 15 is 0 Å². The molecule has 0 aliphatic rings. The number of carbonyl (C=O) groups excluding carboxylic acids is 1. The molecule has 0 saturated carbocycles. The van der Waals surface area contributed by atoms with E-state index < -0.39 is 0 Å². The lowest BCUT2D eigenvalue weighted by Gasteiger charge is -2.22. The number of nitrogens with zero attached hydrogens (tertiary/aromatic N) is 4. The van der Waals surface area contributed by atoms with Crippen LogP contribution < -0.4 is 4.90 Å². The first kappa shape index (κ1) is 16.9. The van der Waals surface area contributed by atoms with Gasteiger partial charge in [-0.05, 0) is 26.3 Å². The van der Waals surface area contributed by atoms with Crippen LogP contribution in [0.3, 0.4) is 0 Å². The highest BCUT2D eigenvalue weighted by atomic mass is 16.2. The zero-order valence-electron chi connectivity index (χ0n) is 14.1. The first-order chi connectivity index (χ1) is 11.2. The maximum Gasteiger partial charge on any atom is 0.256 e. The summed E-state index contributed by atoms with van der Waals surface area (Å²) in [6, 6.07) is 10.2. The maximum atomic E-state index is 12.3. The molecule has 1 aromatic carbocycles. The molecule has 5 nitrogen and oxygen atoms in total. The van der Waals surface area contributed by atoms with Crippen molar-refractivity contribution >= 4 is 11.9 Å². The number of aromatic nitrogens is 2. The maximum absolute atomic E-state index is 12.3. The van der Waals surface area contributed by atoms with Crippen molar-refractivity contribution in [1.29, 1.82) is 0 Å². The molecule has 0 N–H and O–H groups in total. The molecule has 23 heavy (non-hydrogen) atoms. The minimum Gasteiger partial charge on any atom is -0.339 e. The lowest BCUT2D eigenvalue weighted by Crippen LogP contribution is -2.31. The average molecular weight is 312 g/mol. The number of hydrogen-bond acceptors (Lipinski definition) is 4. The summed E-state index contributed by atoms with van der Waals surface area (Å²) < 4.78 is 0.